The summed E-state index contributed by atoms with van der Waals surface area (Å²) < 4.78 is 0. The van der Waals surface area contributed by atoms with Crippen LogP contribution >= 0.6 is 11.6 Å². The average molecular weight is 386 g/mol. The topological polar surface area (TPSA) is 102 Å². The van der Waals surface area contributed by atoms with Crippen LogP contribution in [0.3, 0.4) is 0 Å². The summed E-state index contributed by atoms with van der Waals surface area (Å²) in [5.74, 6) is 0.995. The van der Waals surface area contributed by atoms with Gasteiger partial charge in [0.25, 0.3) is 0 Å². The van der Waals surface area contributed by atoms with E-state index in [2.05, 4.69) is 25.8 Å². The molecule has 1 aromatic carbocycles. The van der Waals surface area contributed by atoms with Crippen LogP contribution < -0.4 is 10.6 Å². The molecular formula is C19H20ClN5O2. The summed E-state index contributed by atoms with van der Waals surface area (Å²) in [5.41, 5.74) is 3.38. The van der Waals surface area contributed by atoms with E-state index in [0.29, 0.717) is 35.2 Å². The normalized spacial score (nSPS) is 21.0. The molecule has 0 radical (unpaired) electrons. The van der Waals surface area contributed by atoms with Crippen molar-refractivity contribution in [3.8, 4) is 5.75 Å². The zero-order valence-corrected chi connectivity index (χ0v) is 15.4. The zero-order chi connectivity index (χ0) is 18.8. The van der Waals surface area contributed by atoms with E-state index in [9.17, 15) is 9.90 Å². The van der Waals surface area contributed by atoms with E-state index >= 15 is 0 Å². The van der Waals surface area contributed by atoms with Gasteiger partial charge in [0, 0.05) is 24.2 Å². The Morgan fingerprint density at radius 2 is 2.07 bits per heavy atom. The lowest BCUT2D eigenvalue weighted by atomic mass is 9.87. The number of Topliss-reactive ketones (excluding diaryl/α,β-unsaturated/α-hetero) is 1. The van der Waals surface area contributed by atoms with Gasteiger partial charge in [0.1, 0.15) is 11.8 Å². The zero-order valence-electron chi connectivity index (χ0n) is 14.6. The van der Waals surface area contributed by atoms with Crippen molar-refractivity contribution in [1.82, 2.24) is 20.8 Å². The minimum atomic E-state index is -0.378. The Morgan fingerprint density at radius 3 is 2.81 bits per heavy atom. The van der Waals surface area contributed by atoms with Crippen LogP contribution in [0.15, 0.2) is 46.7 Å². The van der Waals surface area contributed by atoms with Crippen molar-refractivity contribution >= 4 is 23.3 Å². The van der Waals surface area contributed by atoms with Crippen LogP contribution in [0, 0.1) is 0 Å². The quantitative estimate of drug-likeness (QED) is 0.648. The van der Waals surface area contributed by atoms with Crippen LogP contribution in [0.1, 0.15) is 36.6 Å². The highest BCUT2D eigenvalue weighted by Gasteiger charge is 2.35. The van der Waals surface area contributed by atoms with E-state index in [0.717, 1.165) is 30.5 Å². The fourth-order valence-electron chi connectivity index (χ4n) is 3.46. The number of hydrogen-bond donors (Lipinski definition) is 4. The molecular weight excluding hydrogens is 366 g/mol. The number of H-pyrrole nitrogens is 1. The fraction of sp³-hybridized carbons (Fsp3) is 0.316. The van der Waals surface area contributed by atoms with Crippen molar-refractivity contribution in [3.05, 3.63) is 58.0 Å². The largest absolute Gasteiger partial charge is 0.508 e. The molecule has 1 aliphatic heterocycles. The lowest BCUT2D eigenvalue weighted by Crippen LogP contribution is -2.48. The van der Waals surface area contributed by atoms with Gasteiger partial charge in [0.2, 0.25) is 0 Å². The molecule has 0 saturated heterocycles. The molecule has 7 nitrogen and oxygen atoms in total. The molecule has 8 heteroatoms. The van der Waals surface area contributed by atoms with Crippen molar-refractivity contribution in [3.63, 3.8) is 0 Å². The first kappa shape index (κ1) is 17.6. The first-order valence-corrected chi connectivity index (χ1v) is 9.30. The maximum atomic E-state index is 12.5. The predicted molar refractivity (Wildman–Crippen MR) is 103 cm³/mol. The third-order valence-electron chi connectivity index (χ3n) is 4.81. The molecule has 4 N–H and O–H groups in total. The predicted octanol–water partition coefficient (Wildman–Crippen LogP) is 2.61. The number of phenolic OH excluding ortho intramolecular Hbond substituents is 1. The van der Waals surface area contributed by atoms with Gasteiger partial charge in [0.05, 0.1) is 16.9 Å². The van der Waals surface area contributed by atoms with Gasteiger partial charge >= 0.3 is 0 Å². The fourth-order valence-corrected chi connectivity index (χ4v) is 3.66. The molecule has 1 aliphatic carbocycles. The van der Waals surface area contributed by atoms with Gasteiger partial charge in [-0.2, -0.15) is 5.10 Å². The molecule has 0 saturated carbocycles. The monoisotopic (exact) mass is 385 g/mol. The minimum absolute atomic E-state index is 0.120. The number of carbonyl (C=O) groups excluding carboxylic acids is 1. The number of benzene rings is 1. The molecule has 0 bridgehead atoms. The number of aromatic hydroxyl groups is 1. The number of aliphatic imine (C=N–C) groups is 1. The molecule has 0 spiro atoms. The third kappa shape index (κ3) is 3.68. The van der Waals surface area contributed by atoms with Gasteiger partial charge in [-0.05, 0) is 37.0 Å². The molecule has 140 valence electrons. The molecule has 27 heavy (non-hydrogen) atoms. The minimum Gasteiger partial charge on any atom is -0.508 e. The van der Waals surface area contributed by atoms with Gasteiger partial charge in [-0.1, -0.05) is 23.7 Å². The van der Waals surface area contributed by atoms with E-state index in [1.54, 1.807) is 12.1 Å². The number of nitrogens with one attached hydrogen (secondary N) is 3. The van der Waals surface area contributed by atoms with Crippen molar-refractivity contribution in [2.24, 2.45) is 4.99 Å². The number of rotatable bonds is 4. The third-order valence-corrected chi connectivity index (χ3v) is 5.11. The Hall–Kier alpha value is -2.80. The Balaban J connectivity index is 1.56. The van der Waals surface area contributed by atoms with Gasteiger partial charge < -0.3 is 15.7 Å². The molecule has 0 fully saturated rings. The lowest BCUT2D eigenvalue weighted by Gasteiger charge is -2.33. The highest BCUT2D eigenvalue weighted by atomic mass is 35.5. The van der Waals surface area contributed by atoms with Crippen LogP contribution in [0.2, 0.25) is 5.02 Å². The smallest absolute Gasteiger partial charge is 0.196 e. The molecule has 0 amide bonds. The van der Waals surface area contributed by atoms with E-state index in [-0.39, 0.29) is 17.6 Å². The molecule has 4 rings (SSSR count). The van der Waals surface area contributed by atoms with Gasteiger partial charge in [-0.15, -0.1) is 0 Å². The summed E-state index contributed by atoms with van der Waals surface area (Å²) in [6.07, 6.45) is 4.46. The summed E-state index contributed by atoms with van der Waals surface area (Å²) >= 11 is 6.25. The number of halogens is 1. The molecule has 2 heterocycles. The molecule has 1 aromatic heterocycles. The highest BCUT2D eigenvalue weighted by Crippen LogP contribution is 2.34. The van der Waals surface area contributed by atoms with E-state index < -0.39 is 0 Å². The maximum Gasteiger partial charge on any atom is 0.196 e. The van der Waals surface area contributed by atoms with Crippen molar-refractivity contribution in [2.45, 2.75) is 31.7 Å². The van der Waals surface area contributed by atoms with Crippen LogP contribution in [-0.4, -0.2) is 33.6 Å². The number of carbonyl (C=O) groups is 1. The van der Waals surface area contributed by atoms with E-state index in [4.69, 9.17) is 11.6 Å². The van der Waals surface area contributed by atoms with Gasteiger partial charge in [-0.3, -0.25) is 14.9 Å². The second-order valence-electron chi connectivity index (χ2n) is 6.65. The molecule has 2 aromatic rings. The highest BCUT2D eigenvalue weighted by molar-refractivity contribution is 6.31. The Labute approximate surface area is 161 Å². The summed E-state index contributed by atoms with van der Waals surface area (Å²) in [7, 11) is 0. The second-order valence-corrected chi connectivity index (χ2v) is 7.06. The van der Waals surface area contributed by atoms with Crippen LogP contribution in [0.4, 0.5) is 0 Å². The van der Waals surface area contributed by atoms with Crippen molar-refractivity contribution in [1.29, 1.82) is 0 Å². The number of nitrogens with zero attached hydrogens (tertiary/aromatic N) is 2. The van der Waals surface area contributed by atoms with E-state index in [1.807, 2.05) is 12.1 Å². The average Bonchev–Trinajstić information content (AvgIpc) is 3.09. The summed E-state index contributed by atoms with van der Waals surface area (Å²) in [4.78, 5) is 17.1. The van der Waals surface area contributed by atoms with Crippen molar-refractivity contribution in [2.75, 3.05) is 6.54 Å². The SMILES string of the molecule is O=C1CCCC2=C1C(c1[nH]ncc1Cl)NC(=NCCc1ccc(O)cc1)N2. The van der Waals surface area contributed by atoms with Crippen LogP contribution in [0.25, 0.3) is 0 Å². The molecule has 1 unspecified atom stereocenters. The maximum absolute atomic E-state index is 12.5. The number of aromatic amines is 1. The summed E-state index contributed by atoms with van der Waals surface area (Å²) in [6, 6.07) is 6.72. The summed E-state index contributed by atoms with van der Waals surface area (Å²) in [5, 5.41) is 23.3. The Bertz CT molecular complexity index is 916. The number of ketones is 1. The second kappa shape index (κ2) is 7.44. The standard InChI is InChI=1S/C19H20ClN5O2/c20-13-10-22-25-17(13)18-16-14(2-1-3-15(16)27)23-19(24-18)21-9-8-11-4-6-12(26)7-5-11/h4-7,10,18,26H,1-3,8-9H2,(H,22,25)(H2,21,23,24). The van der Waals surface area contributed by atoms with Gasteiger partial charge in [0.15, 0.2) is 11.7 Å². The molecule has 2 aliphatic rings. The Morgan fingerprint density at radius 1 is 1.26 bits per heavy atom. The van der Waals surface area contributed by atoms with Gasteiger partial charge in [-0.25, -0.2) is 0 Å². The first-order valence-electron chi connectivity index (χ1n) is 8.93. The number of allylic oxidation sites excluding steroid dienone is 1. The molecule has 1 atom stereocenters. The van der Waals surface area contributed by atoms with Crippen molar-refractivity contribution < 1.29 is 9.90 Å². The number of phenols is 1. The Kier molecular flexibility index (Phi) is 4.85. The number of aromatic nitrogens is 2. The van der Waals surface area contributed by atoms with E-state index in [1.165, 1.54) is 6.20 Å². The van der Waals surface area contributed by atoms with Crippen LogP contribution in [-0.2, 0) is 11.2 Å². The number of hydrogen-bond acceptors (Lipinski definition) is 4. The first-order chi connectivity index (χ1) is 13.1. The summed E-state index contributed by atoms with van der Waals surface area (Å²) in [6.45, 7) is 0.570. The lowest BCUT2D eigenvalue weighted by molar-refractivity contribution is -0.116. The number of guanidine groups is 1. The van der Waals surface area contributed by atoms with Crippen LogP contribution in [0.5, 0.6) is 5.75 Å².